The van der Waals surface area contributed by atoms with Crippen LogP contribution in [-0.2, 0) is 0 Å². The number of nitrogens with two attached hydrogens (primary N) is 1. The lowest BCUT2D eigenvalue weighted by Crippen LogP contribution is -2.11. The molecule has 4 heteroatoms. The first-order valence-electron chi connectivity index (χ1n) is 3.88. The molecule has 0 fully saturated rings. The SMILES string of the molecule is NC(c1ccccc1)c1n[c]no1. The van der Waals surface area contributed by atoms with E-state index in [1.54, 1.807) is 0 Å². The van der Waals surface area contributed by atoms with E-state index in [4.69, 9.17) is 10.3 Å². The summed E-state index contributed by atoms with van der Waals surface area (Å²) in [4.78, 5) is 3.76. The van der Waals surface area contributed by atoms with Crippen molar-refractivity contribution >= 4 is 0 Å². The molecule has 0 saturated heterocycles. The van der Waals surface area contributed by atoms with Gasteiger partial charge in [-0.25, -0.2) is 0 Å². The maximum absolute atomic E-state index is 5.84. The van der Waals surface area contributed by atoms with Gasteiger partial charge in [0.05, 0.1) is 0 Å². The van der Waals surface area contributed by atoms with Crippen LogP contribution in [0.4, 0.5) is 0 Å². The second-order valence-corrected chi connectivity index (χ2v) is 2.62. The number of nitrogens with zero attached hydrogens (tertiary/aromatic N) is 2. The molecule has 13 heavy (non-hydrogen) atoms. The number of benzene rings is 1. The standard InChI is InChI=1S/C9H8N3O/c10-8(9-11-6-12-13-9)7-4-2-1-3-5-7/h1-5,8H,10H2. The number of aromatic nitrogens is 2. The summed E-state index contributed by atoms with van der Waals surface area (Å²) in [7, 11) is 0. The van der Waals surface area contributed by atoms with Crippen molar-refractivity contribution < 1.29 is 4.52 Å². The Hall–Kier alpha value is -1.68. The molecule has 2 N–H and O–H groups in total. The maximum atomic E-state index is 5.84. The van der Waals surface area contributed by atoms with Crippen LogP contribution in [0.5, 0.6) is 0 Å². The van der Waals surface area contributed by atoms with Crippen LogP contribution in [0.2, 0.25) is 0 Å². The molecule has 0 amide bonds. The van der Waals surface area contributed by atoms with E-state index >= 15 is 0 Å². The lowest BCUT2D eigenvalue weighted by Gasteiger charge is -2.05. The topological polar surface area (TPSA) is 64.9 Å². The van der Waals surface area contributed by atoms with E-state index in [1.165, 1.54) is 0 Å². The van der Waals surface area contributed by atoms with E-state index < -0.39 is 0 Å². The van der Waals surface area contributed by atoms with Gasteiger partial charge in [-0.1, -0.05) is 35.5 Å². The average molecular weight is 174 g/mol. The lowest BCUT2D eigenvalue weighted by atomic mass is 10.1. The molecule has 1 heterocycles. The summed E-state index contributed by atoms with van der Waals surface area (Å²) in [5, 5.41) is 3.38. The molecule has 0 aliphatic carbocycles. The molecule has 2 rings (SSSR count). The van der Waals surface area contributed by atoms with Crippen molar-refractivity contribution in [2.75, 3.05) is 0 Å². The average Bonchev–Trinajstić information content (AvgIpc) is 2.71. The van der Waals surface area contributed by atoms with E-state index in [0.717, 1.165) is 5.56 Å². The summed E-state index contributed by atoms with van der Waals surface area (Å²) in [5.41, 5.74) is 6.79. The monoisotopic (exact) mass is 174 g/mol. The van der Waals surface area contributed by atoms with Crippen LogP contribution in [0.15, 0.2) is 34.9 Å². The van der Waals surface area contributed by atoms with Crippen molar-refractivity contribution in [2.24, 2.45) is 5.73 Å². The Kier molecular flexibility index (Phi) is 2.06. The largest absolute Gasteiger partial charge is 0.337 e. The number of hydrogen-bond acceptors (Lipinski definition) is 4. The number of hydrogen-bond donors (Lipinski definition) is 1. The highest BCUT2D eigenvalue weighted by Gasteiger charge is 2.13. The third kappa shape index (κ3) is 1.57. The molecule has 0 saturated carbocycles. The molecule has 0 aliphatic rings. The molecule has 2 aromatic rings. The summed E-state index contributed by atoms with van der Waals surface area (Å²) in [6.45, 7) is 0. The quantitative estimate of drug-likeness (QED) is 0.735. The van der Waals surface area contributed by atoms with Crippen LogP contribution in [0.25, 0.3) is 0 Å². The van der Waals surface area contributed by atoms with E-state index in [9.17, 15) is 0 Å². The van der Waals surface area contributed by atoms with Crippen LogP contribution in [0.3, 0.4) is 0 Å². The Balaban J connectivity index is 2.29. The molecule has 0 spiro atoms. The van der Waals surface area contributed by atoms with E-state index in [0.29, 0.717) is 5.89 Å². The zero-order valence-electron chi connectivity index (χ0n) is 6.84. The fourth-order valence-electron chi connectivity index (χ4n) is 1.09. The van der Waals surface area contributed by atoms with Gasteiger partial charge in [0.25, 0.3) is 0 Å². The van der Waals surface area contributed by atoms with Crippen LogP contribution in [0.1, 0.15) is 17.5 Å². The first-order valence-corrected chi connectivity index (χ1v) is 3.88. The highest BCUT2D eigenvalue weighted by molar-refractivity contribution is 5.22. The van der Waals surface area contributed by atoms with Gasteiger partial charge >= 0.3 is 0 Å². The van der Waals surface area contributed by atoms with Crippen molar-refractivity contribution in [3.05, 3.63) is 48.1 Å². The van der Waals surface area contributed by atoms with Crippen LogP contribution in [-0.4, -0.2) is 10.1 Å². The van der Waals surface area contributed by atoms with Gasteiger partial charge in [0, 0.05) is 0 Å². The molecule has 1 radical (unpaired) electrons. The van der Waals surface area contributed by atoms with Gasteiger partial charge in [0.2, 0.25) is 12.2 Å². The van der Waals surface area contributed by atoms with E-state index in [1.807, 2.05) is 30.3 Å². The van der Waals surface area contributed by atoms with Crippen LogP contribution < -0.4 is 5.73 Å². The van der Waals surface area contributed by atoms with Crippen molar-refractivity contribution in [2.45, 2.75) is 6.04 Å². The predicted octanol–water partition coefficient (Wildman–Crippen LogP) is 0.918. The molecular formula is C9H8N3O. The Labute approximate surface area is 75.4 Å². The lowest BCUT2D eigenvalue weighted by molar-refractivity contribution is 0.365. The summed E-state index contributed by atoms with van der Waals surface area (Å²) in [6, 6.07) is 9.21. The van der Waals surface area contributed by atoms with E-state index in [2.05, 4.69) is 16.5 Å². The Morgan fingerprint density at radius 1 is 1.31 bits per heavy atom. The molecule has 65 valence electrons. The Bertz CT molecular complexity index is 358. The van der Waals surface area contributed by atoms with Gasteiger partial charge in [-0.15, -0.1) is 0 Å². The fraction of sp³-hybridized carbons (Fsp3) is 0.111. The second kappa shape index (κ2) is 3.37. The highest BCUT2D eigenvalue weighted by atomic mass is 16.5. The summed E-state index contributed by atoms with van der Waals surface area (Å²) in [6.07, 6.45) is 2.33. The van der Waals surface area contributed by atoms with Crippen molar-refractivity contribution in [1.29, 1.82) is 0 Å². The third-order valence-electron chi connectivity index (χ3n) is 1.76. The van der Waals surface area contributed by atoms with Gasteiger partial charge in [0.15, 0.2) is 0 Å². The maximum Gasteiger partial charge on any atom is 0.248 e. The normalized spacial score (nSPS) is 12.7. The van der Waals surface area contributed by atoms with Gasteiger partial charge in [-0.3, -0.25) is 0 Å². The molecule has 4 nitrogen and oxygen atoms in total. The Morgan fingerprint density at radius 2 is 2.08 bits per heavy atom. The Morgan fingerprint density at radius 3 is 2.69 bits per heavy atom. The third-order valence-corrected chi connectivity index (χ3v) is 1.76. The number of rotatable bonds is 2. The first kappa shape index (κ1) is 7.94. The zero-order valence-corrected chi connectivity index (χ0v) is 6.84. The smallest absolute Gasteiger partial charge is 0.248 e. The molecule has 1 aromatic heterocycles. The highest BCUT2D eigenvalue weighted by Crippen LogP contribution is 2.15. The minimum atomic E-state index is -0.361. The molecular weight excluding hydrogens is 166 g/mol. The summed E-state index contributed by atoms with van der Waals surface area (Å²) < 4.78 is 4.81. The first-order chi connectivity index (χ1) is 6.38. The molecule has 1 unspecified atom stereocenters. The summed E-state index contributed by atoms with van der Waals surface area (Å²) >= 11 is 0. The fourth-order valence-corrected chi connectivity index (χ4v) is 1.09. The van der Waals surface area contributed by atoms with Crippen molar-refractivity contribution in [1.82, 2.24) is 10.1 Å². The zero-order chi connectivity index (χ0) is 9.10. The summed E-state index contributed by atoms with van der Waals surface area (Å²) in [5.74, 6) is 0.381. The van der Waals surface area contributed by atoms with Crippen LogP contribution in [0, 0.1) is 6.33 Å². The van der Waals surface area contributed by atoms with E-state index in [-0.39, 0.29) is 6.04 Å². The van der Waals surface area contributed by atoms with Crippen molar-refractivity contribution in [3.8, 4) is 0 Å². The van der Waals surface area contributed by atoms with Crippen molar-refractivity contribution in [3.63, 3.8) is 0 Å². The minimum absolute atomic E-state index is 0.361. The van der Waals surface area contributed by atoms with Crippen LogP contribution >= 0.6 is 0 Å². The minimum Gasteiger partial charge on any atom is -0.337 e. The van der Waals surface area contributed by atoms with Gasteiger partial charge in [-0.05, 0) is 5.56 Å². The predicted molar refractivity (Wildman–Crippen MR) is 45.6 cm³/mol. The molecule has 0 aliphatic heterocycles. The van der Waals surface area contributed by atoms with Gasteiger partial charge in [-0.2, -0.15) is 4.98 Å². The van der Waals surface area contributed by atoms with Gasteiger partial charge < -0.3 is 10.3 Å². The van der Waals surface area contributed by atoms with Gasteiger partial charge in [0.1, 0.15) is 6.04 Å². The molecule has 0 bridgehead atoms. The molecule has 1 aromatic carbocycles. The second-order valence-electron chi connectivity index (χ2n) is 2.62. The molecule has 1 atom stereocenters.